The van der Waals surface area contributed by atoms with Crippen LogP contribution in [-0.2, 0) is 16.2 Å². The molecule has 1 N–H and O–H groups in total. The SMILES string of the molecule is CS(=O)(=O)N1CCN(C(=O)N2CC(CNc3ccc(C(F)(F)F)cn3)[C@@H](c3ccc(Cl)c(Cl)c3)C2)CC1. The molecule has 1 aromatic heterocycles. The van der Waals surface area contributed by atoms with E-state index >= 15 is 0 Å². The number of alkyl halides is 3. The summed E-state index contributed by atoms with van der Waals surface area (Å²) in [5, 5.41) is 3.88. The highest BCUT2D eigenvalue weighted by atomic mass is 35.5. The maximum Gasteiger partial charge on any atom is 0.417 e. The Kier molecular flexibility index (Phi) is 8.13. The summed E-state index contributed by atoms with van der Waals surface area (Å²) in [5.74, 6) is 0.0862. The number of rotatable bonds is 5. The molecule has 3 heterocycles. The number of hydrogen-bond donors (Lipinski definition) is 1. The van der Waals surface area contributed by atoms with Gasteiger partial charge >= 0.3 is 12.2 Å². The number of urea groups is 1. The van der Waals surface area contributed by atoms with Crippen LogP contribution in [0, 0.1) is 5.92 Å². The van der Waals surface area contributed by atoms with Crippen LogP contribution in [0.15, 0.2) is 36.5 Å². The number of aromatic nitrogens is 1. The lowest BCUT2D eigenvalue weighted by molar-refractivity contribution is -0.137. The predicted octanol–water partition coefficient (Wildman–Crippen LogP) is 4.23. The summed E-state index contributed by atoms with van der Waals surface area (Å²) < 4.78 is 63.5. The molecule has 1 unspecified atom stereocenters. The van der Waals surface area contributed by atoms with Crippen molar-refractivity contribution in [3.8, 4) is 0 Å². The highest BCUT2D eigenvalue weighted by Crippen LogP contribution is 2.36. The van der Waals surface area contributed by atoms with Gasteiger partial charge in [0.2, 0.25) is 10.0 Å². The summed E-state index contributed by atoms with van der Waals surface area (Å²) in [6.07, 6.45) is -2.54. The van der Waals surface area contributed by atoms with Crippen LogP contribution >= 0.6 is 23.2 Å². The van der Waals surface area contributed by atoms with Crippen molar-refractivity contribution in [2.24, 2.45) is 5.92 Å². The van der Waals surface area contributed by atoms with Crippen molar-refractivity contribution in [2.45, 2.75) is 12.1 Å². The topological polar surface area (TPSA) is 85.9 Å². The fourth-order valence-electron chi connectivity index (χ4n) is 4.67. The molecule has 4 rings (SSSR count). The first-order chi connectivity index (χ1) is 17.3. The monoisotopic (exact) mass is 579 g/mol. The molecule has 8 nitrogen and oxygen atoms in total. The Bertz CT molecular complexity index is 1240. The molecule has 14 heteroatoms. The van der Waals surface area contributed by atoms with Crippen LogP contribution in [0.2, 0.25) is 10.0 Å². The van der Waals surface area contributed by atoms with E-state index in [4.69, 9.17) is 23.2 Å². The molecule has 0 radical (unpaired) electrons. The highest BCUT2D eigenvalue weighted by Gasteiger charge is 2.39. The Balaban J connectivity index is 1.47. The lowest BCUT2D eigenvalue weighted by atomic mass is 9.89. The minimum atomic E-state index is -4.47. The third-order valence-corrected chi connectivity index (χ3v) is 8.74. The Hall–Kier alpha value is -2.28. The van der Waals surface area contributed by atoms with Crippen LogP contribution in [0.5, 0.6) is 0 Å². The van der Waals surface area contributed by atoms with Gasteiger partial charge in [0.05, 0.1) is 21.9 Å². The zero-order valence-corrected chi connectivity index (χ0v) is 22.2. The summed E-state index contributed by atoms with van der Waals surface area (Å²) in [7, 11) is -3.32. The molecule has 37 heavy (non-hydrogen) atoms. The van der Waals surface area contributed by atoms with Crippen LogP contribution < -0.4 is 5.32 Å². The molecule has 2 aromatic rings. The maximum absolute atomic E-state index is 13.3. The van der Waals surface area contributed by atoms with E-state index in [2.05, 4.69) is 10.3 Å². The largest absolute Gasteiger partial charge is 0.417 e. The van der Waals surface area contributed by atoms with E-state index in [1.807, 2.05) is 6.07 Å². The van der Waals surface area contributed by atoms with Gasteiger partial charge in [0, 0.05) is 63.8 Å². The van der Waals surface area contributed by atoms with E-state index in [0.29, 0.717) is 35.5 Å². The fourth-order valence-corrected chi connectivity index (χ4v) is 5.80. The van der Waals surface area contributed by atoms with Crippen LogP contribution in [0.4, 0.5) is 23.8 Å². The van der Waals surface area contributed by atoms with E-state index in [0.717, 1.165) is 24.1 Å². The lowest BCUT2D eigenvalue weighted by Gasteiger charge is -2.35. The predicted molar refractivity (Wildman–Crippen MR) is 135 cm³/mol. The van der Waals surface area contributed by atoms with Crippen molar-refractivity contribution in [2.75, 3.05) is 57.4 Å². The molecule has 2 atom stereocenters. The first-order valence-corrected chi connectivity index (χ1v) is 14.1. The summed E-state index contributed by atoms with van der Waals surface area (Å²) >= 11 is 12.3. The van der Waals surface area contributed by atoms with Crippen molar-refractivity contribution < 1.29 is 26.4 Å². The summed E-state index contributed by atoms with van der Waals surface area (Å²) in [6.45, 7) is 2.20. The normalized spacial score (nSPS) is 21.4. The Morgan fingerprint density at radius 1 is 1.05 bits per heavy atom. The molecule has 2 saturated heterocycles. The number of amides is 2. The molecular formula is C23H26Cl2F3N5O3S. The van der Waals surface area contributed by atoms with Gasteiger partial charge in [-0.25, -0.2) is 18.2 Å². The van der Waals surface area contributed by atoms with E-state index in [9.17, 15) is 26.4 Å². The molecule has 2 amide bonds. The lowest BCUT2D eigenvalue weighted by Crippen LogP contribution is -2.53. The highest BCUT2D eigenvalue weighted by molar-refractivity contribution is 7.88. The standard InChI is InChI=1S/C23H26Cl2F3N5O3S/c1-37(35,36)33-8-6-31(7-9-33)22(34)32-13-16(18(14-32)15-2-4-19(24)20(25)10-15)11-29-21-5-3-17(12-30-21)23(26,27)28/h2-5,10,12,16,18H,6-9,11,13-14H2,1H3,(H,29,30)/t16?,18-/m1/s1. The zero-order chi connectivity index (χ0) is 27.0. The van der Waals surface area contributed by atoms with Gasteiger partial charge < -0.3 is 15.1 Å². The van der Waals surface area contributed by atoms with E-state index in [1.165, 1.54) is 10.4 Å². The van der Waals surface area contributed by atoms with Gasteiger partial charge in [-0.1, -0.05) is 29.3 Å². The number of hydrogen-bond acceptors (Lipinski definition) is 5. The van der Waals surface area contributed by atoms with Gasteiger partial charge in [-0.3, -0.25) is 0 Å². The van der Waals surface area contributed by atoms with Gasteiger partial charge in [-0.05, 0) is 29.8 Å². The van der Waals surface area contributed by atoms with Crippen LogP contribution in [0.1, 0.15) is 17.0 Å². The minimum Gasteiger partial charge on any atom is -0.370 e. The van der Waals surface area contributed by atoms with Gasteiger partial charge in [0.1, 0.15) is 5.82 Å². The number of piperazine rings is 1. The molecule has 2 aliphatic rings. The third-order valence-electron chi connectivity index (χ3n) is 6.70. The first kappa shape index (κ1) is 27.7. The zero-order valence-electron chi connectivity index (χ0n) is 19.9. The molecule has 1 aromatic carbocycles. The molecule has 0 aliphatic carbocycles. The second kappa shape index (κ2) is 10.8. The number of halogens is 5. The molecule has 0 spiro atoms. The average molecular weight is 580 g/mol. The van der Waals surface area contributed by atoms with Gasteiger partial charge in [-0.15, -0.1) is 0 Å². The quantitative estimate of drug-likeness (QED) is 0.573. The number of anilines is 1. The summed E-state index contributed by atoms with van der Waals surface area (Å²) in [5.41, 5.74) is 0.0547. The van der Waals surface area contributed by atoms with Crippen LogP contribution in [0.25, 0.3) is 0 Å². The second-order valence-corrected chi connectivity index (χ2v) is 12.0. The van der Waals surface area contributed by atoms with E-state index < -0.39 is 21.8 Å². The smallest absolute Gasteiger partial charge is 0.370 e. The van der Waals surface area contributed by atoms with E-state index in [1.54, 1.807) is 21.9 Å². The number of nitrogens with zero attached hydrogens (tertiary/aromatic N) is 4. The Labute approximate surface area is 223 Å². The third kappa shape index (κ3) is 6.60. The maximum atomic E-state index is 13.3. The average Bonchev–Trinajstić information content (AvgIpc) is 3.27. The minimum absolute atomic E-state index is 0.0948. The molecule has 0 saturated carbocycles. The van der Waals surface area contributed by atoms with E-state index in [-0.39, 0.29) is 44.0 Å². The van der Waals surface area contributed by atoms with Gasteiger partial charge in [0.15, 0.2) is 0 Å². The van der Waals surface area contributed by atoms with Crippen LogP contribution in [0.3, 0.4) is 0 Å². The molecule has 202 valence electrons. The number of nitrogens with one attached hydrogen (secondary N) is 1. The fraction of sp³-hybridized carbons (Fsp3) is 0.478. The van der Waals surface area contributed by atoms with Crippen molar-refractivity contribution >= 4 is 45.1 Å². The number of carbonyl (C=O) groups is 1. The Morgan fingerprint density at radius 3 is 2.32 bits per heavy atom. The molecule has 2 aliphatic heterocycles. The first-order valence-electron chi connectivity index (χ1n) is 11.5. The number of sulfonamides is 1. The molecule has 0 bridgehead atoms. The van der Waals surface area contributed by atoms with Crippen molar-refractivity contribution in [1.82, 2.24) is 19.1 Å². The van der Waals surface area contributed by atoms with Crippen molar-refractivity contribution in [3.63, 3.8) is 0 Å². The van der Waals surface area contributed by atoms with Gasteiger partial charge in [-0.2, -0.15) is 17.5 Å². The number of benzene rings is 1. The number of likely N-dealkylation sites (tertiary alicyclic amines) is 1. The molecular weight excluding hydrogens is 554 g/mol. The van der Waals surface area contributed by atoms with Crippen LogP contribution in [-0.4, -0.2) is 85.6 Å². The second-order valence-electron chi connectivity index (χ2n) is 9.19. The number of carbonyl (C=O) groups excluding carboxylic acids is 1. The molecule has 2 fully saturated rings. The number of pyridine rings is 1. The van der Waals surface area contributed by atoms with Crippen molar-refractivity contribution in [1.29, 1.82) is 0 Å². The summed E-state index contributed by atoms with van der Waals surface area (Å²) in [6, 6.07) is 7.35. The van der Waals surface area contributed by atoms with Crippen molar-refractivity contribution in [3.05, 3.63) is 57.7 Å². The Morgan fingerprint density at radius 2 is 1.76 bits per heavy atom. The van der Waals surface area contributed by atoms with Gasteiger partial charge in [0.25, 0.3) is 0 Å². The summed E-state index contributed by atoms with van der Waals surface area (Å²) in [4.78, 5) is 20.5.